The zero-order chi connectivity index (χ0) is 18.7. The molecule has 3 fully saturated rings. The molecule has 2 N–H and O–H groups in total. The number of aldehydes is 1. The first kappa shape index (κ1) is 18.1. The summed E-state index contributed by atoms with van der Waals surface area (Å²) in [5.74, 6) is 0.0339. The minimum Gasteiger partial charge on any atom is -0.393 e. The fourth-order valence-electron chi connectivity index (χ4n) is 6.99. The van der Waals surface area contributed by atoms with E-state index in [9.17, 15) is 24.6 Å². The van der Waals surface area contributed by atoms with Crippen molar-refractivity contribution in [1.29, 1.82) is 0 Å². The first-order valence-electron chi connectivity index (χ1n) is 9.86. The Morgan fingerprint density at radius 2 is 2.12 bits per heavy atom. The van der Waals surface area contributed by atoms with Crippen LogP contribution in [-0.4, -0.2) is 40.8 Å². The van der Waals surface area contributed by atoms with Crippen LogP contribution in [0.3, 0.4) is 0 Å². The van der Waals surface area contributed by atoms with Crippen LogP contribution in [0.25, 0.3) is 0 Å². The van der Waals surface area contributed by atoms with Crippen LogP contribution in [0.15, 0.2) is 11.6 Å². The van der Waals surface area contributed by atoms with Gasteiger partial charge < -0.3 is 15.0 Å². The number of fused-ring (bicyclic) bond motifs is 5. The van der Waals surface area contributed by atoms with Gasteiger partial charge in [0.2, 0.25) is 0 Å². The molecule has 0 aromatic heterocycles. The van der Waals surface area contributed by atoms with Gasteiger partial charge in [0.15, 0.2) is 11.6 Å². The standard InChI is InChI=1S/C21H28O5/c1-20-5-4-14(24)7-13(20)2-3-15-16-6-12(18(26)10-22)8-21(16,11-23)9-17(25)19(15)20/h7,11-12,15-17,19,22,25H,2-6,8-10H2,1H3/t12-,15?,16-,17-,19+,20-,21-/m0/s1. The summed E-state index contributed by atoms with van der Waals surface area (Å²) in [5, 5.41) is 20.4. The number of carbonyl (C=O) groups excluding carboxylic acids is 3. The molecule has 1 unspecified atom stereocenters. The van der Waals surface area contributed by atoms with Gasteiger partial charge in [-0.1, -0.05) is 12.5 Å². The van der Waals surface area contributed by atoms with Crippen molar-refractivity contribution in [3.8, 4) is 0 Å². The molecule has 26 heavy (non-hydrogen) atoms. The van der Waals surface area contributed by atoms with Crippen molar-refractivity contribution in [1.82, 2.24) is 0 Å². The van der Waals surface area contributed by atoms with Crippen LogP contribution in [0.5, 0.6) is 0 Å². The highest BCUT2D eigenvalue weighted by atomic mass is 16.3. The Balaban J connectivity index is 1.71. The normalized spacial score (nSPS) is 47.4. The fraction of sp³-hybridized carbons (Fsp3) is 0.762. The molecule has 5 nitrogen and oxygen atoms in total. The maximum atomic E-state index is 12.1. The molecular formula is C21H28O5. The number of hydrogen-bond acceptors (Lipinski definition) is 5. The van der Waals surface area contributed by atoms with E-state index >= 15 is 0 Å². The molecule has 4 aliphatic carbocycles. The second kappa shape index (κ2) is 6.10. The third-order valence-corrected chi connectivity index (χ3v) is 8.17. The van der Waals surface area contributed by atoms with Crippen molar-refractivity contribution in [3.63, 3.8) is 0 Å². The van der Waals surface area contributed by atoms with Crippen LogP contribution in [0.1, 0.15) is 51.9 Å². The van der Waals surface area contributed by atoms with E-state index in [0.717, 1.165) is 31.1 Å². The number of aliphatic hydroxyl groups excluding tert-OH is 2. The molecule has 3 saturated carbocycles. The molecule has 0 bridgehead atoms. The summed E-state index contributed by atoms with van der Waals surface area (Å²) < 4.78 is 0. The van der Waals surface area contributed by atoms with E-state index in [1.54, 1.807) is 6.08 Å². The van der Waals surface area contributed by atoms with Crippen molar-refractivity contribution >= 4 is 17.9 Å². The average Bonchev–Trinajstić information content (AvgIpc) is 3.01. The molecule has 4 rings (SSSR count). The summed E-state index contributed by atoms with van der Waals surface area (Å²) in [5.41, 5.74) is 0.330. The second-order valence-electron chi connectivity index (χ2n) is 9.27. The third-order valence-electron chi connectivity index (χ3n) is 8.17. The minimum atomic E-state index is -0.641. The van der Waals surface area contributed by atoms with E-state index in [-0.39, 0.29) is 40.7 Å². The molecule has 0 aromatic rings. The van der Waals surface area contributed by atoms with Gasteiger partial charge >= 0.3 is 0 Å². The van der Waals surface area contributed by atoms with Gasteiger partial charge in [-0.05, 0) is 67.8 Å². The second-order valence-corrected chi connectivity index (χ2v) is 9.27. The average molecular weight is 360 g/mol. The molecule has 0 heterocycles. The molecule has 5 heteroatoms. The lowest BCUT2D eigenvalue weighted by molar-refractivity contribution is -0.144. The fourth-order valence-corrected chi connectivity index (χ4v) is 6.99. The lowest BCUT2D eigenvalue weighted by atomic mass is 9.46. The summed E-state index contributed by atoms with van der Waals surface area (Å²) in [6, 6.07) is 0. The molecule has 142 valence electrons. The SMILES string of the molecule is C[C@]12CCC(=O)C=C1CCC1[C@@H]2[C@@H](O)C[C@]2(C=O)C[C@@H](C(=O)CO)C[C@@H]12. The van der Waals surface area contributed by atoms with Crippen molar-refractivity contribution in [3.05, 3.63) is 11.6 Å². The first-order valence-corrected chi connectivity index (χ1v) is 9.86. The quantitative estimate of drug-likeness (QED) is 0.750. The highest BCUT2D eigenvalue weighted by molar-refractivity contribution is 5.91. The highest BCUT2D eigenvalue weighted by Crippen LogP contribution is 2.65. The zero-order valence-corrected chi connectivity index (χ0v) is 15.3. The van der Waals surface area contributed by atoms with Crippen LogP contribution in [0.4, 0.5) is 0 Å². The molecule has 0 amide bonds. The van der Waals surface area contributed by atoms with Crippen molar-refractivity contribution in [2.45, 2.75) is 58.0 Å². The van der Waals surface area contributed by atoms with Crippen LogP contribution >= 0.6 is 0 Å². The van der Waals surface area contributed by atoms with Gasteiger partial charge in [-0.3, -0.25) is 9.59 Å². The van der Waals surface area contributed by atoms with Crippen molar-refractivity contribution in [2.24, 2.45) is 34.5 Å². The smallest absolute Gasteiger partial charge is 0.161 e. The Bertz CT molecular complexity index is 682. The van der Waals surface area contributed by atoms with Crippen molar-refractivity contribution in [2.75, 3.05) is 6.61 Å². The van der Waals surface area contributed by atoms with Gasteiger partial charge in [-0.2, -0.15) is 0 Å². The molecule has 0 spiro atoms. The molecule has 0 radical (unpaired) electrons. The predicted molar refractivity (Wildman–Crippen MR) is 94.1 cm³/mol. The summed E-state index contributed by atoms with van der Waals surface area (Å²) in [6.07, 6.45) is 6.65. The molecule has 0 saturated heterocycles. The predicted octanol–water partition coefficient (Wildman–Crippen LogP) is 1.85. The van der Waals surface area contributed by atoms with Crippen LogP contribution in [0.2, 0.25) is 0 Å². The summed E-state index contributed by atoms with van der Waals surface area (Å²) in [7, 11) is 0. The number of allylic oxidation sites excluding steroid dienone is 1. The molecular weight excluding hydrogens is 332 g/mol. The van der Waals surface area contributed by atoms with Gasteiger partial charge in [-0.25, -0.2) is 0 Å². The Kier molecular flexibility index (Phi) is 4.23. The highest BCUT2D eigenvalue weighted by Gasteiger charge is 2.63. The minimum absolute atomic E-state index is 0.0386. The number of hydrogen-bond donors (Lipinski definition) is 2. The maximum absolute atomic E-state index is 12.1. The number of rotatable bonds is 3. The summed E-state index contributed by atoms with van der Waals surface area (Å²) in [4.78, 5) is 36.1. The molecule has 0 aromatic carbocycles. The number of Topliss-reactive ketones (excluding diaryl/α,β-unsaturated/α-hetero) is 1. The number of ketones is 2. The lowest BCUT2D eigenvalue weighted by Gasteiger charge is -2.58. The van der Waals surface area contributed by atoms with Gasteiger partial charge in [0.25, 0.3) is 0 Å². The van der Waals surface area contributed by atoms with Gasteiger partial charge in [0.1, 0.15) is 12.9 Å². The van der Waals surface area contributed by atoms with Crippen molar-refractivity contribution < 1.29 is 24.6 Å². The third kappa shape index (κ3) is 2.40. The molecule has 4 aliphatic rings. The molecule has 0 aliphatic heterocycles. The van der Waals surface area contributed by atoms with E-state index in [0.29, 0.717) is 25.7 Å². The van der Waals surface area contributed by atoms with Gasteiger partial charge in [0.05, 0.1) is 6.10 Å². The zero-order valence-electron chi connectivity index (χ0n) is 15.3. The first-order chi connectivity index (χ1) is 12.3. The lowest BCUT2D eigenvalue weighted by Crippen LogP contribution is -2.56. The summed E-state index contributed by atoms with van der Waals surface area (Å²) >= 11 is 0. The largest absolute Gasteiger partial charge is 0.393 e. The van der Waals surface area contributed by atoms with E-state index in [1.165, 1.54) is 0 Å². The van der Waals surface area contributed by atoms with Crippen LogP contribution in [0, 0.1) is 34.5 Å². The topological polar surface area (TPSA) is 91.7 Å². The van der Waals surface area contributed by atoms with E-state index in [4.69, 9.17) is 0 Å². The summed E-state index contributed by atoms with van der Waals surface area (Å²) in [6.45, 7) is 1.69. The Labute approximate surface area is 153 Å². The van der Waals surface area contributed by atoms with Gasteiger partial charge in [-0.15, -0.1) is 0 Å². The van der Waals surface area contributed by atoms with E-state index in [2.05, 4.69) is 6.92 Å². The van der Waals surface area contributed by atoms with E-state index in [1.807, 2.05) is 0 Å². The monoisotopic (exact) mass is 360 g/mol. The van der Waals surface area contributed by atoms with Gasteiger partial charge in [0, 0.05) is 17.8 Å². The van der Waals surface area contributed by atoms with Crippen LogP contribution < -0.4 is 0 Å². The van der Waals surface area contributed by atoms with Crippen LogP contribution in [-0.2, 0) is 14.4 Å². The maximum Gasteiger partial charge on any atom is 0.161 e. The molecule has 7 atom stereocenters. The Morgan fingerprint density at radius 3 is 2.81 bits per heavy atom. The van der Waals surface area contributed by atoms with E-state index < -0.39 is 18.1 Å². The number of aliphatic hydroxyl groups is 2. The Hall–Kier alpha value is -1.33. The Morgan fingerprint density at radius 1 is 1.35 bits per heavy atom. The number of carbonyl (C=O) groups is 3.